The van der Waals surface area contributed by atoms with Crippen molar-refractivity contribution in [3.8, 4) is 5.75 Å². The van der Waals surface area contributed by atoms with Crippen LogP contribution >= 0.6 is 15.9 Å². The highest BCUT2D eigenvalue weighted by molar-refractivity contribution is 9.10. The Bertz CT molecular complexity index is 488. The predicted molar refractivity (Wildman–Crippen MR) is 70.0 cm³/mol. The SMILES string of the molecule is Fc1ccc(Br)cc1OCCNCc1ccoc1. The van der Waals surface area contributed by atoms with Crippen LogP contribution in [0.1, 0.15) is 5.56 Å². The Balaban J connectivity index is 1.70. The first kappa shape index (κ1) is 13.1. The van der Waals surface area contributed by atoms with Crippen LogP contribution in [0.25, 0.3) is 0 Å². The van der Waals surface area contributed by atoms with Gasteiger partial charge in [0.25, 0.3) is 0 Å². The summed E-state index contributed by atoms with van der Waals surface area (Å²) in [7, 11) is 0. The predicted octanol–water partition coefficient (Wildman–Crippen LogP) is 3.35. The molecule has 1 aromatic heterocycles. The lowest BCUT2D eigenvalue weighted by atomic mass is 10.3. The molecule has 96 valence electrons. The lowest BCUT2D eigenvalue weighted by molar-refractivity contribution is 0.298. The second-order valence-electron chi connectivity index (χ2n) is 3.73. The number of hydrogen-bond donors (Lipinski definition) is 1. The largest absolute Gasteiger partial charge is 0.489 e. The molecule has 3 nitrogen and oxygen atoms in total. The van der Waals surface area contributed by atoms with Crippen molar-refractivity contribution in [1.29, 1.82) is 0 Å². The van der Waals surface area contributed by atoms with Crippen molar-refractivity contribution in [1.82, 2.24) is 5.32 Å². The van der Waals surface area contributed by atoms with Crippen LogP contribution in [0.3, 0.4) is 0 Å². The molecule has 1 aromatic carbocycles. The van der Waals surface area contributed by atoms with Crippen LogP contribution in [0.15, 0.2) is 45.7 Å². The smallest absolute Gasteiger partial charge is 0.165 e. The highest BCUT2D eigenvalue weighted by Crippen LogP contribution is 2.21. The summed E-state index contributed by atoms with van der Waals surface area (Å²) in [5.41, 5.74) is 1.07. The summed E-state index contributed by atoms with van der Waals surface area (Å²) in [4.78, 5) is 0. The van der Waals surface area contributed by atoms with Gasteiger partial charge in [-0.15, -0.1) is 0 Å². The third-order valence-corrected chi connectivity index (χ3v) is 2.83. The summed E-state index contributed by atoms with van der Waals surface area (Å²) in [6, 6.07) is 6.52. The third-order valence-electron chi connectivity index (χ3n) is 2.34. The number of benzene rings is 1. The van der Waals surface area contributed by atoms with E-state index in [1.807, 2.05) is 6.07 Å². The number of ether oxygens (including phenoxy) is 1. The van der Waals surface area contributed by atoms with E-state index >= 15 is 0 Å². The Hall–Kier alpha value is -1.33. The maximum absolute atomic E-state index is 13.3. The topological polar surface area (TPSA) is 34.4 Å². The molecule has 0 aliphatic rings. The van der Waals surface area contributed by atoms with Crippen molar-refractivity contribution in [3.05, 3.63) is 52.6 Å². The average molecular weight is 314 g/mol. The molecule has 0 atom stereocenters. The van der Waals surface area contributed by atoms with Crippen LogP contribution in [-0.4, -0.2) is 13.2 Å². The molecule has 1 N–H and O–H groups in total. The minimum Gasteiger partial charge on any atom is -0.489 e. The summed E-state index contributed by atoms with van der Waals surface area (Å²) >= 11 is 3.27. The molecule has 0 spiro atoms. The summed E-state index contributed by atoms with van der Waals surface area (Å²) in [6.45, 7) is 1.75. The fourth-order valence-corrected chi connectivity index (χ4v) is 1.79. The zero-order chi connectivity index (χ0) is 12.8. The van der Waals surface area contributed by atoms with Crippen LogP contribution in [0.2, 0.25) is 0 Å². The second-order valence-corrected chi connectivity index (χ2v) is 4.65. The average Bonchev–Trinajstić information content (AvgIpc) is 2.86. The Morgan fingerprint density at radius 3 is 3.00 bits per heavy atom. The highest BCUT2D eigenvalue weighted by Gasteiger charge is 2.03. The molecule has 0 amide bonds. The van der Waals surface area contributed by atoms with E-state index in [2.05, 4.69) is 21.2 Å². The van der Waals surface area contributed by atoms with Gasteiger partial charge in [-0.1, -0.05) is 15.9 Å². The van der Waals surface area contributed by atoms with Crippen LogP contribution < -0.4 is 10.1 Å². The molecule has 0 radical (unpaired) electrons. The zero-order valence-electron chi connectivity index (χ0n) is 9.66. The number of nitrogens with one attached hydrogen (secondary N) is 1. The molecule has 0 fully saturated rings. The standard InChI is InChI=1S/C13H13BrFNO2/c14-11-1-2-12(15)13(7-11)18-6-4-16-8-10-3-5-17-9-10/h1-3,5,7,9,16H,4,6,8H2. The monoisotopic (exact) mass is 313 g/mol. The van der Waals surface area contributed by atoms with Gasteiger partial charge in [0.2, 0.25) is 0 Å². The molecule has 0 saturated carbocycles. The maximum atomic E-state index is 13.3. The molecule has 18 heavy (non-hydrogen) atoms. The molecular formula is C13H13BrFNO2. The van der Waals surface area contributed by atoms with Crippen molar-refractivity contribution >= 4 is 15.9 Å². The molecule has 0 aliphatic carbocycles. The first-order valence-corrected chi connectivity index (χ1v) is 6.34. The second kappa shape index (κ2) is 6.56. The van der Waals surface area contributed by atoms with E-state index in [1.54, 1.807) is 24.7 Å². The van der Waals surface area contributed by atoms with Gasteiger partial charge in [0.05, 0.1) is 12.5 Å². The summed E-state index contributed by atoms with van der Waals surface area (Å²) in [6.07, 6.45) is 3.31. The minimum absolute atomic E-state index is 0.259. The lowest BCUT2D eigenvalue weighted by Crippen LogP contribution is -2.20. The zero-order valence-corrected chi connectivity index (χ0v) is 11.2. The van der Waals surface area contributed by atoms with Gasteiger partial charge in [0.1, 0.15) is 6.61 Å². The van der Waals surface area contributed by atoms with E-state index in [0.29, 0.717) is 19.7 Å². The number of halogens is 2. The van der Waals surface area contributed by atoms with Gasteiger partial charge < -0.3 is 14.5 Å². The van der Waals surface area contributed by atoms with Crippen LogP contribution in [0, 0.1) is 5.82 Å². The lowest BCUT2D eigenvalue weighted by Gasteiger charge is -2.08. The molecule has 2 aromatic rings. The van der Waals surface area contributed by atoms with Crippen molar-refractivity contribution in [2.24, 2.45) is 0 Å². The van der Waals surface area contributed by atoms with Crippen molar-refractivity contribution in [3.63, 3.8) is 0 Å². The fraction of sp³-hybridized carbons (Fsp3) is 0.231. The summed E-state index contributed by atoms with van der Waals surface area (Å²) < 4.78 is 24.4. The summed E-state index contributed by atoms with van der Waals surface area (Å²) in [5, 5.41) is 3.17. The van der Waals surface area contributed by atoms with E-state index in [-0.39, 0.29) is 11.6 Å². The maximum Gasteiger partial charge on any atom is 0.165 e. The third kappa shape index (κ3) is 3.85. The molecule has 0 unspecified atom stereocenters. The Morgan fingerprint density at radius 2 is 2.22 bits per heavy atom. The number of hydrogen-bond acceptors (Lipinski definition) is 3. The van der Waals surface area contributed by atoms with E-state index in [9.17, 15) is 4.39 Å². The molecule has 0 aliphatic heterocycles. The van der Waals surface area contributed by atoms with Gasteiger partial charge in [-0.05, 0) is 24.3 Å². The molecule has 2 rings (SSSR count). The van der Waals surface area contributed by atoms with E-state index < -0.39 is 0 Å². The van der Waals surface area contributed by atoms with Crippen LogP contribution in [0.4, 0.5) is 4.39 Å². The number of furan rings is 1. The summed E-state index contributed by atoms with van der Waals surface area (Å²) in [5.74, 6) is -0.0949. The number of rotatable bonds is 6. The van der Waals surface area contributed by atoms with Gasteiger partial charge in [-0.3, -0.25) is 0 Å². The van der Waals surface area contributed by atoms with Gasteiger partial charge in [-0.2, -0.15) is 0 Å². The Morgan fingerprint density at radius 1 is 1.33 bits per heavy atom. The quantitative estimate of drug-likeness (QED) is 0.830. The highest BCUT2D eigenvalue weighted by atomic mass is 79.9. The van der Waals surface area contributed by atoms with Crippen molar-refractivity contribution < 1.29 is 13.5 Å². The molecule has 0 bridgehead atoms. The first-order chi connectivity index (χ1) is 8.75. The fourth-order valence-electron chi connectivity index (χ4n) is 1.45. The minimum atomic E-state index is -0.354. The van der Waals surface area contributed by atoms with E-state index in [0.717, 1.165) is 10.0 Å². The van der Waals surface area contributed by atoms with Crippen LogP contribution in [-0.2, 0) is 6.54 Å². The van der Waals surface area contributed by atoms with E-state index in [4.69, 9.17) is 9.15 Å². The molecule has 5 heteroatoms. The van der Waals surface area contributed by atoms with Gasteiger partial charge in [-0.25, -0.2) is 4.39 Å². The van der Waals surface area contributed by atoms with Gasteiger partial charge in [0.15, 0.2) is 11.6 Å². The van der Waals surface area contributed by atoms with Crippen molar-refractivity contribution in [2.45, 2.75) is 6.54 Å². The molecule has 1 heterocycles. The van der Waals surface area contributed by atoms with Gasteiger partial charge in [0, 0.05) is 23.1 Å². The molecular weight excluding hydrogens is 301 g/mol. The van der Waals surface area contributed by atoms with Gasteiger partial charge >= 0.3 is 0 Å². The normalized spacial score (nSPS) is 10.6. The van der Waals surface area contributed by atoms with E-state index in [1.165, 1.54) is 6.07 Å². The van der Waals surface area contributed by atoms with Crippen LogP contribution in [0.5, 0.6) is 5.75 Å². The first-order valence-electron chi connectivity index (χ1n) is 5.55. The Labute approximate surface area is 113 Å². The van der Waals surface area contributed by atoms with Crippen molar-refractivity contribution in [2.75, 3.05) is 13.2 Å². The molecule has 0 saturated heterocycles. The Kier molecular flexibility index (Phi) is 4.78.